The third kappa shape index (κ3) is 7.59. The van der Waals surface area contributed by atoms with Crippen LogP contribution in [0.5, 0.6) is 0 Å². The van der Waals surface area contributed by atoms with Gasteiger partial charge in [-0.15, -0.1) is 0 Å². The molecule has 1 unspecified atom stereocenters. The molecule has 0 aromatic heterocycles. The molecule has 0 radical (unpaired) electrons. The minimum absolute atomic E-state index is 0.115. The van der Waals surface area contributed by atoms with E-state index in [1.54, 1.807) is 0 Å². The van der Waals surface area contributed by atoms with Gasteiger partial charge < -0.3 is 10.4 Å². The normalized spacial score (nSPS) is 12.9. The third-order valence-electron chi connectivity index (χ3n) is 1.82. The van der Waals surface area contributed by atoms with Crippen molar-refractivity contribution in [1.29, 1.82) is 0 Å². The Morgan fingerprint density at radius 2 is 2.08 bits per heavy atom. The Balaban J connectivity index is 3.53. The second-order valence-corrected chi connectivity index (χ2v) is 3.55. The predicted molar refractivity (Wildman–Crippen MR) is 52.7 cm³/mol. The summed E-state index contributed by atoms with van der Waals surface area (Å²) in [7, 11) is 0. The SMILES string of the molecule is CCC(NCCC(C)C)NC(=O)O. The van der Waals surface area contributed by atoms with E-state index in [0.29, 0.717) is 5.92 Å². The summed E-state index contributed by atoms with van der Waals surface area (Å²) in [5, 5.41) is 14.0. The van der Waals surface area contributed by atoms with Gasteiger partial charge in [0.2, 0.25) is 0 Å². The Kier molecular flexibility index (Phi) is 6.32. The Morgan fingerprint density at radius 1 is 1.46 bits per heavy atom. The Hall–Kier alpha value is -0.770. The fraction of sp³-hybridized carbons (Fsp3) is 0.889. The minimum atomic E-state index is -0.969. The van der Waals surface area contributed by atoms with E-state index in [9.17, 15) is 4.79 Å². The quantitative estimate of drug-likeness (QED) is 0.555. The molecular formula is C9H20N2O2. The zero-order chi connectivity index (χ0) is 10.3. The number of amides is 1. The van der Waals surface area contributed by atoms with Gasteiger partial charge in [0.1, 0.15) is 0 Å². The van der Waals surface area contributed by atoms with E-state index in [0.717, 1.165) is 19.4 Å². The molecule has 0 aromatic carbocycles. The monoisotopic (exact) mass is 188 g/mol. The van der Waals surface area contributed by atoms with Gasteiger partial charge in [-0.25, -0.2) is 4.79 Å². The van der Waals surface area contributed by atoms with Crippen molar-refractivity contribution in [3.63, 3.8) is 0 Å². The molecule has 1 atom stereocenters. The van der Waals surface area contributed by atoms with E-state index < -0.39 is 6.09 Å². The molecule has 0 aliphatic carbocycles. The van der Waals surface area contributed by atoms with Crippen molar-refractivity contribution in [1.82, 2.24) is 10.6 Å². The summed E-state index contributed by atoms with van der Waals surface area (Å²) >= 11 is 0. The second kappa shape index (κ2) is 6.71. The molecule has 0 heterocycles. The molecule has 0 aliphatic rings. The van der Waals surface area contributed by atoms with E-state index >= 15 is 0 Å². The summed E-state index contributed by atoms with van der Waals surface area (Å²) in [6.45, 7) is 7.10. The van der Waals surface area contributed by atoms with Gasteiger partial charge in [0.15, 0.2) is 0 Å². The van der Waals surface area contributed by atoms with E-state index in [1.807, 2.05) is 6.92 Å². The lowest BCUT2D eigenvalue weighted by atomic mass is 10.1. The van der Waals surface area contributed by atoms with Crippen LogP contribution in [0.1, 0.15) is 33.6 Å². The third-order valence-corrected chi connectivity index (χ3v) is 1.82. The topological polar surface area (TPSA) is 61.4 Å². The van der Waals surface area contributed by atoms with Crippen molar-refractivity contribution in [3.05, 3.63) is 0 Å². The van der Waals surface area contributed by atoms with Crippen LogP contribution in [-0.2, 0) is 0 Å². The minimum Gasteiger partial charge on any atom is -0.465 e. The van der Waals surface area contributed by atoms with Crippen molar-refractivity contribution < 1.29 is 9.90 Å². The van der Waals surface area contributed by atoms with Crippen LogP contribution in [0, 0.1) is 5.92 Å². The Labute approximate surface area is 79.7 Å². The highest BCUT2D eigenvalue weighted by atomic mass is 16.4. The lowest BCUT2D eigenvalue weighted by molar-refractivity contribution is 0.186. The highest BCUT2D eigenvalue weighted by molar-refractivity contribution is 5.64. The Bertz CT molecular complexity index is 149. The van der Waals surface area contributed by atoms with E-state index in [4.69, 9.17) is 5.11 Å². The van der Waals surface area contributed by atoms with Gasteiger partial charge in [-0.05, 0) is 25.3 Å². The molecule has 0 aromatic rings. The lowest BCUT2D eigenvalue weighted by Crippen LogP contribution is -2.44. The van der Waals surface area contributed by atoms with Crippen LogP contribution in [0.25, 0.3) is 0 Å². The first-order valence-corrected chi connectivity index (χ1v) is 4.79. The molecule has 0 saturated carbocycles. The zero-order valence-corrected chi connectivity index (χ0v) is 8.63. The molecule has 13 heavy (non-hydrogen) atoms. The maximum atomic E-state index is 10.3. The number of rotatable bonds is 6. The summed E-state index contributed by atoms with van der Waals surface area (Å²) in [5.41, 5.74) is 0. The Morgan fingerprint density at radius 3 is 2.46 bits per heavy atom. The molecule has 0 bridgehead atoms. The molecule has 0 fully saturated rings. The van der Waals surface area contributed by atoms with E-state index in [-0.39, 0.29) is 6.17 Å². The van der Waals surface area contributed by atoms with Crippen LogP contribution in [-0.4, -0.2) is 23.9 Å². The summed E-state index contributed by atoms with van der Waals surface area (Å²) in [5.74, 6) is 0.648. The van der Waals surface area contributed by atoms with Gasteiger partial charge in [0.25, 0.3) is 0 Å². The fourth-order valence-electron chi connectivity index (χ4n) is 0.993. The standard InChI is InChI=1S/C9H20N2O2/c1-4-8(11-9(12)13)10-6-5-7(2)3/h7-8,10-11H,4-6H2,1-3H3,(H,12,13). The molecular weight excluding hydrogens is 168 g/mol. The molecule has 1 amide bonds. The maximum Gasteiger partial charge on any atom is 0.405 e. The smallest absolute Gasteiger partial charge is 0.405 e. The molecule has 4 heteroatoms. The summed E-state index contributed by atoms with van der Waals surface area (Å²) in [6.07, 6.45) is 0.752. The average Bonchev–Trinajstić information content (AvgIpc) is 2.01. The number of hydrogen-bond acceptors (Lipinski definition) is 2. The number of nitrogens with one attached hydrogen (secondary N) is 2. The molecule has 0 aliphatic heterocycles. The summed E-state index contributed by atoms with van der Waals surface area (Å²) in [4.78, 5) is 10.3. The van der Waals surface area contributed by atoms with Crippen LogP contribution in [0.3, 0.4) is 0 Å². The molecule has 4 nitrogen and oxygen atoms in total. The number of carbonyl (C=O) groups is 1. The molecule has 0 saturated heterocycles. The van der Waals surface area contributed by atoms with E-state index in [2.05, 4.69) is 24.5 Å². The molecule has 0 rings (SSSR count). The highest BCUT2D eigenvalue weighted by Gasteiger charge is 2.07. The number of carboxylic acid groups (broad SMARTS) is 1. The highest BCUT2D eigenvalue weighted by Crippen LogP contribution is 1.97. The lowest BCUT2D eigenvalue weighted by Gasteiger charge is -2.17. The van der Waals surface area contributed by atoms with Crippen LogP contribution in [0.15, 0.2) is 0 Å². The van der Waals surface area contributed by atoms with E-state index in [1.165, 1.54) is 0 Å². The predicted octanol–water partition coefficient (Wildman–Crippen LogP) is 1.63. The van der Waals surface area contributed by atoms with Crippen LogP contribution in [0.2, 0.25) is 0 Å². The van der Waals surface area contributed by atoms with Crippen molar-refractivity contribution in [3.8, 4) is 0 Å². The second-order valence-electron chi connectivity index (χ2n) is 3.55. The first kappa shape index (κ1) is 12.2. The first-order valence-electron chi connectivity index (χ1n) is 4.79. The van der Waals surface area contributed by atoms with Crippen LogP contribution < -0.4 is 10.6 Å². The van der Waals surface area contributed by atoms with Gasteiger partial charge in [0.05, 0.1) is 6.17 Å². The largest absolute Gasteiger partial charge is 0.465 e. The number of hydrogen-bond donors (Lipinski definition) is 3. The summed E-state index contributed by atoms with van der Waals surface area (Å²) in [6, 6.07) is 0. The first-order chi connectivity index (χ1) is 6.06. The van der Waals surface area contributed by atoms with Gasteiger partial charge in [-0.2, -0.15) is 0 Å². The van der Waals surface area contributed by atoms with Crippen molar-refractivity contribution in [2.45, 2.75) is 39.8 Å². The molecule has 78 valence electrons. The van der Waals surface area contributed by atoms with Crippen molar-refractivity contribution >= 4 is 6.09 Å². The van der Waals surface area contributed by atoms with Crippen LogP contribution >= 0.6 is 0 Å². The van der Waals surface area contributed by atoms with Crippen molar-refractivity contribution in [2.75, 3.05) is 6.54 Å². The van der Waals surface area contributed by atoms with Gasteiger partial charge in [-0.3, -0.25) is 5.32 Å². The summed E-state index contributed by atoms with van der Waals surface area (Å²) < 4.78 is 0. The zero-order valence-electron chi connectivity index (χ0n) is 8.63. The molecule has 0 spiro atoms. The average molecular weight is 188 g/mol. The van der Waals surface area contributed by atoms with Gasteiger partial charge in [0, 0.05) is 0 Å². The maximum absolute atomic E-state index is 10.3. The van der Waals surface area contributed by atoms with Crippen molar-refractivity contribution in [2.24, 2.45) is 5.92 Å². The van der Waals surface area contributed by atoms with Crippen LogP contribution in [0.4, 0.5) is 4.79 Å². The fourth-order valence-corrected chi connectivity index (χ4v) is 0.993. The van der Waals surface area contributed by atoms with Gasteiger partial charge >= 0.3 is 6.09 Å². The molecule has 3 N–H and O–H groups in total. The van der Waals surface area contributed by atoms with Gasteiger partial charge in [-0.1, -0.05) is 20.8 Å².